The second-order valence-electron chi connectivity index (χ2n) is 4.79. The topological polar surface area (TPSA) is 107 Å². The maximum absolute atomic E-state index is 12.5. The minimum absolute atomic E-state index is 0.0569. The summed E-state index contributed by atoms with van der Waals surface area (Å²) in [6, 6.07) is 0. The minimum atomic E-state index is -3.56. The van der Waals surface area contributed by atoms with Crippen LogP contribution in [0.3, 0.4) is 0 Å². The number of nitrogens with zero attached hydrogens (tertiary/aromatic N) is 3. The Labute approximate surface area is 117 Å². The minimum Gasteiger partial charge on any atom is -0.480 e. The van der Waals surface area contributed by atoms with Crippen LogP contribution in [0, 0.1) is 6.92 Å². The van der Waals surface area contributed by atoms with Gasteiger partial charge in [0.2, 0.25) is 10.0 Å². The Bertz CT molecular complexity index is 583. The summed E-state index contributed by atoms with van der Waals surface area (Å²) in [7, 11) is -3.56. The molecule has 2 N–H and O–H groups in total. The van der Waals surface area contributed by atoms with Crippen molar-refractivity contribution in [1.82, 2.24) is 19.4 Å². The van der Waals surface area contributed by atoms with Crippen molar-refractivity contribution < 1.29 is 18.3 Å². The molecule has 0 bridgehead atoms. The number of aromatic nitrogens is 2. The van der Waals surface area contributed by atoms with E-state index < -0.39 is 16.0 Å². The zero-order chi connectivity index (χ0) is 14.8. The van der Waals surface area contributed by atoms with Gasteiger partial charge in [-0.25, -0.2) is 8.42 Å². The van der Waals surface area contributed by atoms with Crippen LogP contribution in [0.2, 0.25) is 0 Å². The molecule has 0 saturated carbocycles. The molecule has 112 valence electrons. The SMILES string of the molecule is Cc1[nH]ncc1S(=O)(=O)N1CCCN(CC(=O)O)CC1. The van der Waals surface area contributed by atoms with E-state index in [2.05, 4.69) is 10.2 Å². The Balaban J connectivity index is 2.11. The van der Waals surface area contributed by atoms with Gasteiger partial charge in [0, 0.05) is 26.2 Å². The second-order valence-corrected chi connectivity index (χ2v) is 6.69. The summed E-state index contributed by atoms with van der Waals surface area (Å²) >= 11 is 0. The lowest BCUT2D eigenvalue weighted by atomic mass is 10.4. The molecule has 1 aromatic rings. The molecule has 20 heavy (non-hydrogen) atoms. The number of carboxylic acids is 1. The third-order valence-electron chi connectivity index (χ3n) is 3.31. The van der Waals surface area contributed by atoms with Gasteiger partial charge < -0.3 is 5.11 Å². The molecule has 0 radical (unpaired) electrons. The maximum atomic E-state index is 12.5. The number of rotatable bonds is 4. The zero-order valence-corrected chi connectivity index (χ0v) is 12.1. The van der Waals surface area contributed by atoms with Gasteiger partial charge >= 0.3 is 5.97 Å². The number of hydrogen-bond acceptors (Lipinski definition) is 5. The average molecular weight is 302 g/mol. The van der Waals surface area contributed by atoms with Crippen LogP contribution in [0.25, 0.3) is 0 Å². The van der Waals surface area contributed by atoms with Crippen LogP contribution in [0.15, 0.2) is 11.1 Å². The summed E-state index contributed by atoms with van der Waals surface area (Å²) < 4.78 is 26.4. The fraction of sp³-hybridized carbons (Fsp3) is 0.636. The van der Waals surface area contributed by atoms with Gasteiger partial charge in [0.05, 0.1) is 18.4 Å². The molecule has 2 rings (SSSR count). The van der Waals surface area contributed by atoms with Gasteiger partial charge in [-0.15, -0.1) is 0 Å². The van der Waals surface area contributed by atoms with Crippen LogP contribution in [-0.4, -0.2) is 71.6 Å². The summed E-state index contributed by atoms with van der Waals surface area (Å²) in [5, 5.41) is 15.1. The Hall–Kier alpha value is -1.45. The number of carboxylic acid groups (broad SMARTS) is 1. The fourth-order valence-electron chi connectivity index (χ4n) is 2.28. The highest BCUT2D eigenvalue weighted by atomic mass is 32.2. The van der Waals surface area contributed by atoms with Crippen molar-refractivity contribution >= 4 is 16.0 Å². The van der Waals surface area contributed by atoms with Crippen molar-refractivity contribution in [2.75, 3.05) is 32.7 Å². The predicted molar refractivity (Wildman–Crippen MR) is 70.8 cm³/mol. The normalized spacial score (nSPS) is 18.9. The largest absolute Gasteiger partial charge is 0.480 e. The summed E-state index contributed by atoms with van der Waals surface area (Å²) in [5.41, 5.74) is 0.511. The Morgan fingerprint density at radius 1 is 1.40 bits per heavy atom. The number of aromatic amines is 1. The van der Waals surface area contributed by atoms with E-state index in [1.807, 2.05) is 0 Å². The standard InChI is InChI=1S/C11H18N4O4S/c1-9-10(7-12-13-9)20(18,19)15-4-2-3-14(5-6-15)8-11(16)17/h7H,2-6,8H2,1H3,(H,12,13)(H,16,17). The molecule has 0 spiro atoms. The van der Waals surface area contributed by atoms with E-state index in [4.69, 9.17) is 5.11 Å². The lowest BCUT2D eigenvalue weighted by Crippen LogP contribution is -2.36. The molecular weight excluding hydrogens is 284 g/mol. The van der Waals surface area contributed by atoms with Gasteiger partial charge in [0.15, 0.2) is 0 Å². The summed E-state index contributed by atoms with van der Waals surface area (Å²) in [4.78, 5) is 12.6. The van der Waals surface area contributed by atoms with Crippen LogP contribution in [0.5, 0.6) is 0 Å². The van der Waals surface area contributed by atoms with Gasteiger partial charge in [-0.1, -0.05) is 0 Å². The third kappa shape index (κ3) is 3.17. The van der Waals surface area contributed by atoms with Crippen LogP contribution < -0.4 is 0 Å². The number of hydrogen-bond donors (Lipinski definition) is 2. The molecule has 1 aromatic heterocycles. The van der Waals surface area contributed by atoms with E-state index in [0.29, 0.717) is 38.3 Å². The molecule has 8 nitrogen and oxygen atoms in total. The molecule has 0 unspecified atom stereocenters. The van der Waals surface area contributed by atoms with Crippen LogP contribution in [0.1, 0.15) is 12.1 Å². The van der Waals surface area contributed by atoms with Crippen LogP contribution in [0.4, 0.5) is 0 Å². The van der Waals surface area contributed by atoms with Crippen LogP contribution >= 0.6 is 0 Å². The third-order valence-corrected chi connectivity index (χ3v) is 5.32. The fourth-order valence-corrected chi connectivity index (χ4v) is 3.86. The lowest BCUT2D eigenvalue weighted by Gasteiger charge is -2.20. The second kappa shape index (κ2) is 5.90. The summed E-state index contributed by atoms with van der Waals surface area (Å²) in [6.07, 6.45) is 1.92. The van der Waals surface area contributed by atoms with Crippen molar-refractivity contribution in [3.63, 3.8) is 0 Å². The highest BCUT2D eigenvalue weighted by Crippen LogP contribution is 2.19. The van der Waals surface area contributed by atoms with E-state index in [0.717, 1.165) is 0 Å². The van der Waals surface area contributed by atoms with Crippen molar-refractivity contribution in [1.29, 1.82) is 0 Å². The van der Waals surface area contributed by atoms with E-state index in [-0.39, 0.29) is 11.4 Å². The Morgan fingerprint density at radius 3 is 2.75 bits per heavy atom. The monoisotopic (exact) mass is 302 g/mol. The number of nitrogens with one attached hydrogen (secondary N) is 1. The molecule has 9 heteroatoms. The smallest absolute Gasteiger partial charge is 0.317 e. The van der Waals surface area contributed by atoms with E-state index in [1.165, 1.54) is 10.5 Å². The van der Waals surface area contributed by atoms with Gasteiger partial charge in [-0.3, -0.25) is 14.8 Å². The Morgan fingerprint density at radius 2 is 2.15 bits per heavy atom. The molecule has 1 fully saturated rings. The number of aryl methyl sites for hydroxylation is 1. The average Bonchev–Trinajstić information content (AvgIpc) is 2.65. The molecule has 1 saturated heterocycles. The summed E-state index contributed by atoms with van der Waals surface area (Å²) in [6.45, 7) is 3.29. The van der Waals surface area contributed by atoms with E-state index in [9.17, 15) is 13.2 Å². The first-order valence-electron chi connectivity index (χ1n) is 6.35. The van der Waals surface area contributed by atoms with Gasteiger partial charge in [0.1, 0.15) is 4.90 Å². The number of aliphatic carboxylic acids is 1. The van der Waals surface area contributed by atoms with Gasteiger partial charge in [0.25, 0.3) is 0 Å². The van der Waals surface area contributed by atoms with Crippen molar-refractivity contribution in [2.45, 2.75) is 18.2 Å². The molecule has 1 aliphatic heterocycles. The quantitative estimate of drug-likeness (QED) is 0.776. The molecule has 0 atom stereocenters. The van der Waals surface area contributed by atoms with Gasteiger partial charge in [-0.2, -0.15) is 9.40 Å². The van der Waals surface area contributed by atoms with E-state index >= 15 is 0 Å². The van der Waals surface area contributed by atoms with Gasteiger partial charge in [-0.05, 0) is 13.3 Å². The highest BCUT2D eigenvalue weighted by molar-refractivity contribution is 7.89. The first-order valence-corrected chi connectivity index (χ1v) is 7.79. The molecule has 0 aromatic carbocycles. The van der Waals surface area contributed by atoms with Crippen molar-refractivity contribution in [3.8, 4) is 0 Å². The molecule has 1 aliphatic rings. The summed E-state index contributed by atoms with van der Waals surface area (Å²) in [5.74, 6) is -0.896. The highest BCUT2D eigenvalue weighted by Gasteiger charge is 2.29. The predicted octanol–water partition coefficient (Wildman–Crippen LogP) is -0.501. The number of sulfonamides is 1. The number of carbonyl (C=O) groups is 1. The first-order chi connectivity index (χ1) is 9.41. The molecule has 2 heterocycles. The maximum Gasteiger partial charge on any atom is 0.317 e. The van der Waals surface area contributed by atoms with E-state index in [1.54, 1.807) is 11.8 Å². The van der Waals surface area contributed by atoms with Crippen molar-refractivity contribution in [2.24, 2.45) is 0 Å². The molecule has 0 amide bonds. The Kier molecular flexibility index (Phi) is 4.41. The molecule has 0 aliphatic carbocycles. The van der Waals surface area contributed by atoms with Crippen molar-refractivity contribution in [3.05, 3.63) is 11.9 Å². The zero-order valence-electron chi connectivity index (χ0n) is 11.2. The lowest BCUT2D eigenvalue weighted by molar-refractivity contribution is -0.138. The molecular formula is C11H18N4O4S. The van der Waals surface area contributed by atoms with Crippen LogP contribution in [-0.2, 0) is 14.8 Å². The first kappa shape index (κ1) is 14.9. The number of H-pyrrole nitrogens is 1.